The molecule has 0 aliphatic carbocycles. The molecule has 0 amide bonds. The van der Waals surface area contributed by atoms with Crippen LogP contribution in [-0.4, -0.2) is 36.4 Å². The van der Waals surface area contributed by atoms with Gasteiger partial charge in [0.1, 0.15) is 0 Å². The third-order valence-electron chi connectivity index (χ3n) is 2.81. The lowest BCUT2D eigenvalue weighted by atomic mass is 9.83. The minimum atomic E-state index is -0.592. The number of aliphatic hydroxyl groups excluding tert-OH is 1. The summed E-state index contributed by atoms with van der Waals surface area (Å²) < 4.78 is 4.93. The van der Waals surface area contributed by atoms with Crippen LogP contribution in [0.1, 0.15) is 20.8 Å². The highest BCUT2D eigenvalue weighted by molar-refractivity contribution is 5.74. The SMILES string of the molecule is CCOC(=O)C1C(C)NCC(C)C1O. The number of ether oxygens (including phenoxy) is 1. The van der Waals surface area contributed by atoms with E-state index in [0.717, 1.165) is 6.54 Å². The molecule has 1 aliphatic heterocycles. The highest BCUT2D eigenvalue weighted by Gasteiger charge is 2.39. The van der Waals surface area contributed by atoms with Gasteiger partial charge in [0.2, 0.25) is 0 Å². The van der Waals surface area contributed by atoms with E-state index in [-0.39, 0.29) is 17.9 Å². The number of carbonyl (C=O) groups excluding carboxylic acids is 1. The van der Waals surface area contributed by atoms with Crippen LogP contribution in [0.3, 0.4) is 0 Å². The average molecular weight is 201 g/mol. The Bertz CT molecular complexity index is 208. The van der Waals surface area contributed by atoms with Gasteiger partial charge in [0.15, 0.2) is 0 Å². The van der Waals surface area contributed by atoms with Crippen molar-refractivity contribution in [2.24, 2.45) is 11.8 Å². The number of carbonyl (C=O) groups is 1. The molecule has 1 rings (SSSR count). The standard InChI is InChI=1S/C10H19NO3/c1-4-14-10(13)8-7(3)11-5-6(2)9(8)12/h6-9,11-12H,4-5H2,1-3H3. The van der Waals surface area contributed by atoms with Crippen molar-refractivity contribution in [1.82, 2.24) is 5.32 Å². The molecule has 4 unspecified atom stereocenters. The van der Waals surface area contributed by atoms with Crippen LogP contribution >= 0.6 is 0 Å². The van der Waals surface area contributed by atoms with Crippen LogP contribution in [0.5, 0.6) is 0 Å². The normalized spacial score (nSPS) is 38.0. The summed E-state index contributed by atoms with van der Waals surface area (Å²) in [6.45, 7) is 6.71. The van der Waals surface area contributed by atoms with Gasteiger partial charge in [-0.25, -0.2) is 0 Å². The lowest BCUT2D eigenvalue weighted by Crippen LogP contribution is -2.54. The smallest absolute Gasteiger partial charge is 0.313 e. The zero-order valence-electron chi connectivity index (χ0n) is 8.99. The summed E-state index contributed by atoms with van der Waals surface area (Å²) in [7, 11) is 0. The van der Waals surface area contributed by atoms with E-state index in [2.05, 4.69) is 5.32 Å². The molecule has 82 valence electrons. The van der Waals surface area contributed by atoms with Crippen LogP contribution in [0.15, 0.2) is 0 Å². The number of hydrogen-bond donors (Lipinski definition) is 2. The van der Waals surface area contributed by atoms with Gasteiger partial charge in [0, 0.05) is 12.6 Å². The van der Waals surface area contributed by atoms with Gasteiger partial charge in [-0.05, 0) is 19.8 Å². The molecule has 0 saturated carbocycles. The summed E-state index contributed by atoms with van der Waals surface area (Å²) in [6.07, 6.45) is -0.592. The first-order chi connectivity index (χ1) is 6.57. The molecule has 4 heteroatoms. The van der Waals surface area contributed by atoms with Crippen molar-refractivity contribution in [2.75, 3.05) is 13.2 Å². The van der Waals surface area contributed by atoms with Crippen LogP contribution in [-0.2, 0) is 9.53 Å². The molecule has 1 saturated heterocycles. The Kier molecular flexibility index (Phi) is 3.89. The summed E-state index contributed by atoms with van der Waals surface area (Å²) in [5.41, 5.74) is 0. The van der Waals surface area contributed by atoms with Crippen molar-refractivity contribution in [3.63, 3.8) is 0 Å². The largest absolute Gasteiger partial charge is 0.466 e. The molecule has 14 heavy (non-hydrogen) atoms. The fraction of sp³-hybridized carbons (Fsp3) is 0.900. The predicted octanol–water partition coefficient (Wildman–Crippen LogP) is 0.154. The van der Waals surface area contributed by atoms with Gasteiger partial charge in [-0.3, -0.25) is 4.79 Å². The second-order valence-electron chi connectivity index (χ2n) is 3.94. The quantitative estimate of drug-likeness (QED) is 0.625. The number of hydrogen-bond acceptors (Lipinski definition) is 4. The maximum Gasteiger partial charge on any atom is 0.313 e. The molecule has 4 atom stereocenters. The number of esters is 1. The Morgan fingerprint density at radius 2 is 2.21 bits per heavy atom. The molecule has 2 N–H and O–H groups in total. The number of aliphatic hydroxyl groups is 1. The lowest BCUT2D eigenvalue weighted by Gasteiger charge is -2.36. The van der Waals surface area contributed by atoms with E-state index < -0.39 is 12.0 Å². The highest BCUT2D eigenvalue weighted by Crippen LogP contribution is 2.22. The van der Waals surface area contributed by atoms with Crippen LogP contribution in [0.25, 0.3) is 0 Å². The van der Waals surface area contributed by atoms with Crippen molar-refractivity contribution in [1.29, 1.82) is 0 Å². The van der Waals surface area contributed by atoms with Gasteiger partial charge in [0.25, 0.3) is 0 Å². The maximum absolute atomic E-state index is 11.5. The first kappa shape index (κ1) is 11.5. The average Bonchev–Trinajstić information content (AvgIpc) is 2.13. The Morgan fingerprint density at radius 1 is 1.57 bits per heavy atom. The molecule has 1 fully saturated rings. The zero-order chi connectivity index (χ0) is 10.7. The molecule has 0 bridgehead atoms. The van der Waals surface area contributed by atoms with Crippen LogP contribution in [0, 0.1) is 11.8 Å². The molecule has 0 spiro atoms. The molecule has 0 radical (unpaired) electrons. The summed E-state index contributed by atoms with van der Waals surface area (Å²) in [5.74, 6) is -0.633. The van der Waals surface area contributed by atoms with Crippen LogP contribution < -0.4 is 5.32 Å². The summed E-state index contributed by atoms with van der Waals surface area (Å²) in [4.78, 5) is 11.5. The molecular formula is C10H19NO3. The van der Waals surface area contributed by atoms with E-state index in [9.17, 15) is 9.90 Å². The van der Waals surface area contributed by atoms with Crippen LogP contribution in [0.4, 0.5) is 0 Å². The highest BCUT2D eigenvalue weighted by atomic mass is 16.5. The van der Waals surface area contributed by atoms with E-state index in [0.29, 0.717) is 6.61 Å². The van der Waals surface area contributed by atoms with Crippen molar-refractivity contribution in [2.45, 2.75) is 32.9 Å². The summed E-state index contributed by atoms with van der Waals surface area (Å²) >= 11 is 0. The zero-order valence-corrected chi connectivity index (χ0v) is 8.99. The molecule has 0 aromatic heterocycles. The Hall–Kier alpha value is -0.610. The first-order valence-corrected chi connectivity index (χ1v) is 5.16. The van der Waals surface area contributed by atoms with Crippen molar-refractivity contribution < 1.29 is 14.6 Å². The minimum absolute atomic E-state index is 0.0137. The van der Waals surface area contributed by atoms with E-state index in [1.54, 1.807) is 6.92 Å². The molecule has 1 heterocycles. The number of piperidine rings is 1. The summed E-state index contributed by atoms with van der Waals surface area (Å²) in [6, 6.07) is -0.0137. The van der Waals surface area contributed by atoms with Gasteiger partial charge in [-0.2, -0.15) is 0 Å². The number of nitrogens with one attached hydrogen (secondary N) is 1. The van der Waals surface area contributed by atoms with Crippen molar-refractivity contribution in [3.05, 3.63) is 0 Å². The predicted molar refractivity (Wildman–Crippen MR) is 52.8 cm³/mol. The topological polar surface area (TPSA) is 58.6 Å². The van der Waals surface area contributed by atoms with Crippen LogP contribution in [0.2, 0.25) is 0 Å². The maximum atomic E-state index is 11.5. The van der Waals surface area contributed by atoms with Crippen molar-refractivity contribution >= 4 is 5.97 Å². The summed E-state index contributed by atoms with van der Waals surface area (Å²) in [5, 5.41) is 13.1. The molecule has 4 nitrogen and oxygen atoms in total. The first-order valence-electron chi connectivity index (χ1n) is 5.16. The van der Waals surface area contributed by atoms with E-state index in [1.807, 2.05) is 13.8 Å². The minimum Gasteiger partial charge on any atom is -0.466 e. The Morgan fingerprint density at radius 3 is 2.79 bits per heavy atom. The van der Waals surface area contributed by atoms with Gasteiger partial charge in [-0.15, -0.1) is 0 Å². The Labute approximate surface area is 84.6 Å². The lowest BCUT2D eigenvalue weighted by molar-refractivity contribution is -0.156. The third kappa shape index (κ3) is 2.25. The van der Waals surface area contributed by atoms with E-state index in [1.165, 1.54) is 0 Å². The molecule has 0 aromatic rings. The fourth-order valence-corrected chi connectivity index (χ4v) is 1.85. The molecule has 1 aliphatic rings. The second kappa shape index (κ2) is 4.75. The third-order valence-corrected chi connectivity index (χ3v) is 2.81. The van der Waals surface area contributed by atoms with Gasteiger partial charge >= 0.3 is 5.97 Å². The Balaban J connectivity index is 2.66. The van der Waals surface area contributed by atoms with Gasteiger partial charge in [0.05, 0.1) is 18.6 Å². The number of rotatable bonds is 2. The van der Waals surface area contributed by atoms with E-state index >= 15 is 0 Å². The second-order valence-corrected chi connectivity index (χ2v) is 3.94. The fourth-order valence-electron chi connectivity index (χ4n) is 1.85. The molecule has 0 aromatic carbocycles. The monoisotopic (exact) mass is 201 g/mol. The molecular weight excluding hydrogens is 182 g/mol. The van der Waals surface area contributed by atoms with Crippen molar-refractivity contribution in [3.8, 4) is 0 Å². The van der Waals surface area contributed by atoms with E-state index in [4.69, 9.17) is 4.74 Å². The van der Waals surface area contributed by atoms with Gasteiger partial charge < -0.3 is 15.2 Å². The van der Waals surface area contributed by atoms with Gasteiger partial charge in [-0.1, -0.05) is 6.92 Å².